The molecule has 0 atom stereocenters. The van der Waals surface area contributed by atoms with Crippen LogP contribution in [0.15, 0.2) is 72.4 Å². The van der Waals surface area contributed by atoms with E-state index >= 15 is 0 Å². The summed E-state index contributed by atoms with van der Waals surface area (Å²) in [6.45, 7) is 0.386. The van der Waals surface area contributed by atoms with Gasteiger partial charge in [-0.25, -0.2) is 4.98 Å². The van der Waals surface area contributed by atoms with E-state index in [0.717, 1.165) is 5.56 Å². The van der Waals surface area contributed by atoms with Gasteiger partial charge in [0, 0.05) is 17.4 Å². The van der Waals surface area contributed by atoms with Crippen molar-refractivity contribution in [2.24, 2.45) is 5.16 Å². The average molecular weight is 328 g/mol. The highest BCUT2D eigenvalue weighted by Crippen LogP contribution is 2.21. The summed E-state index contributed by atoms with van der Waals surface area (Å²) in [7, 11) is 0. The molecule has 0 saturated heterocycles. The first kappa shape index (κ1) is 15.1. The van der Waals surface area contributed by atoms with Crippen LogP contribution in [0.4, 0.5) is 0 Å². The van der Waals surface area contributed by atoms with Gasteiger partial charge in [0.2, 0.25) is 0 Å². The van der Waals surface area contributed by atoms with Crippen molar-refractivity contribution in [2.75, 3.05) is 0 Å². The van der Waals surface area contributed by atoms with E-state index in [2.05, 4.69) is 10.1 Å². The van der Waals surface area contributed by atoms with Gasteiger partial charge in [0.05, 0.1) is 5.56 Å². The predicted molar refractivity (Wildman–Crippen MR) is 88.2 cm³/mol. The number of nitrogens with zero attached hydrogens (tertiary/aromatic N) is 3. The largest absolute Gasteiger partial charge is 0.488 e. The lowest BCUT2D eigenvalue weighted by atomic mass is 10.1. The molecule has 0 unspecified atom stereocenters. The smallest absolute Gasteiger partial charge is 0.188 e. The number of aromatic nitrogens is 2. The van der Waals surface area contributed by atoms with Gasteiger partial charge in [-0.2, -0.15) is 0 Å². The van der Waals surface area contributed by atoms with Gasteiger partial charge in [0.1, 0.15) is 18.7 Å². The Morgan fingerprint density at radius 2 is 1.96 bits per heavy atom. The SMILES string of the molecule is O/N=C(/c1ccccc1OCc1ccc(Cl)cc1)n1ccnc1. The van der Waals surface area contributed by atoms with Crippen LogP contribution in [0.1, 0.15) is 11.1 Å². The maximum atomic E-state index is 9.36. The van der Waals surface area contributed by atoms with Crippen LogP contribution < -0.4 is 4.74 Å². The summed E-state index contributed by atoms with van der Waals surface area (Å²) in [6.07, 6.45) is 4.87. The van der Waals surface area contributed by atoms with Gasteiger partial charge in [-0.1, -0.05) is 41.0 Å². The first-order valence-electron chi connectivity index (χ1n) is 6.95. The van der Waals surface area contributed by atoms with E-state index in [0.29, 0.717) is 28.8 Å². The van der Waals surface area contributed by atoms with E-state index in [1.165, 1.54) is 0 Å². The van der Waals surface area contributed by atoms with E-state index in [1.54, 1.807) is 23.3 Å². The number of benzene rings is 2. The third-order valence-electron chi connectivity index (χ3n) is 3.28. The van der Waals surface area contributed by atoms with Gasteiger partial charge in [0.15, 0.2) is 5.84 Å². The standard InChI is InChI=1S/C17H14ClN3O2/c18-14-7-5-13(6-8-14)11-23-16-4-2-1-3-15(16)17(20-22)21-10-9-19-12-21/h1-10,12,22H,11H2/b20-17-. The number of imidazole rings is 1. The highest BCUT2D eigenvalue weighted by molar-refractivity contribution is 6.30. The number of para-hydroxylation sites is 1. The molecule has 1 heterocycles. The number of halogens is 1. The maximum Gasteiger partial charge on any atom is 0.188 e. The van der Waals surface area contributed by atoms with Crippen LogP contribution in [0.2, 0.25) is 5.02 Å². The zero-order valence-corrected chi connectivity index (χ0v) is 12.9. The molecular formula is C17H14ClN3O2. The van der Waals surface area contributed by atoms with Crippen molar-refractivity contribution in [1.29, 1.82) is 0 Å². The number of rotatable bonds is 4. The van der Waals surface area contributed by atoms with Crippen molar-refractivity contribution in [2.45, 2.75) is 6.61 Å². The first-order chi connectivity index (χ1) is 11.3. The van der Waals surface area contributed by atoms with E-state index in [-0.39, 0.29) is 0 Å². The summed E-state index contributed by atoms with van der Waals surface area (Å²) in [6, 6.07) is 14.8. The molecule has 1 N–H and O–H groups in total. The molecule has 0 aliphatic rings. The second-order valence-corrected chi connectivity index (χ2v) is 5.24. The maximum absolute atomic E-state index is 9.36. The Kier molecular flexibility index (Phi) is 4.59. The van der Waals surface area contributed by atoms with Gasteiger partial charge in [0.25, 0.3) is 0 Å². The van der Waals surface area contributed by atoms with Gasteiger partial charge in [-0.15, -0.1) is 0 Å². The Hall–Kier alpha value is -2.79. The second-order valence-electron chi connectivity index (χ2n) is 4.80. The molecule has 0 bridgehead atoms. The number of hydrogen-bond acceptors (Lipinski definition) is 4. The summed E-state index contributed by atoms with van der Waals surface area (Å²) in [5.74, 6) is 0.957. The molecule has 0 spiro atoms. The zero-order chi connectivity index (χ0) is 16.1. The molecule has 1 aromatic heterocycles. The van der Waals surface area contributed by atoms with Crippen LogP contribution in [-0.4, -0.2) is 20.6 Å². The molecule has 116 valence electrons. The van der Waals surface area contributed by atoms with Gasteiger partial charge in [-0.3, -0.25) is 4.57 Å². The molecule has 0 radical (unpaired) electrons. The van der Waals surface area contributed by atoms with Gasteiger partial charge < -0.3 is 9.94 Å². The van der Waals surface area contributed by atoms with Crippen LogP contribution in [0, 0.1) is 0 Å². The molecule has 3 rings (SSSR count). The molecular weight excluding hydrogens is 314 g/mol. The Labute approximate surface area is 138 Å². The third kappa shape index (κ3) is 3.52. The van der Waals surface area contributed by atoms with Gasteiger partial charge in [-0.05, 0) is 29.8 Å². The summed E-state index contributed by atoms with van der Waals surface area (Å²) in [5, 5.41) is 13.4. The van der Waals surface area contributed by atoms with Crippen molar-refractivity contribution >= 4 is 17.4 Å². The molecule has 0 aliphatic heterocycles. The lowest BCUT2D eigenvalue weighted by Gasteiger charge is -2.13. The van der Waals surface area contributed by atoms with Crippen molar-refractivity contribution in [3.05, 3.63) is 83.4 Å². The van der Waals surface area contributed by atoms with Crippen LogP contribution in [0.3, 0.4) is 0 Å². The van der Waals surface area contributed by atoms with Crippen LogP contribution in [-0.2, 0) is 6.61 Å². The monoisotopic (exact) mass is 327 g/mol. The first-order valence-corrected chi connectivity index (χ1v) is 7.33. The number of hydrogen-bond donors (Lipinski definition) is 1. The van der Waals surface area contributed by atoms with Crippen molar-refractivity contribution in [3.8, 4) is 5.75 Å². The van der Waals surface area contributed by atoms with Crippen molar-refractivity contribution < 1.29 is 9.94 Å². The molecule has 23 heavy (non-hydrogen) atoms. The number of oxime groups is 1. The molecule has 0 aliphatic carbocycles. The fraction of sp³-hybridized carbons (Fsp3) is 0.0588. The number of ether oxygens (including phenoxy) is 1. The summed E-state index contributed by atoms with van der Waals surface area (Å²) < 4.78 is 7.49. The van der Waals surface area contributed by atoms with E-state index in [1.807, 2.05) is 48.5 Å². The fourth-order valence-corrected chi connectivity index (χ4v) is 2.27. The summed E-state index contributed by atoms with van der Waals surface area (Å²) >= 11 is 5.88. The summed E-state index contributed by atoms with van der Waals surface area (Å²) in [5.41, 5.74) is 1.66. The van der Waals surface area contributed by atoms with E-state index < -0.39 is 0 Å². The van der Waals surface area contributed by atoms with Crippen LogP contribution >= 0.6 is 11.6 Å². The Bertz CT molecular complexity index is 799. The minimum absolute atomic E-state index is 0.342. The average Bonchev–Trinajstić information content (AvgIpc) is 3.10. The van der Waals surface area contributed by atoms with Crippen LogP contribution in [0.5, 0.6) is 5.75 Å². The molecule has 6 heteroatoms. The van der Waals surface area contributed by atoms with Crippen molar-refractivity contribution in [3.63, 3.8) is 0 Å². The van der Waals surface area contributed by atoms with E-state index in [9.17, 15) is 5.21 Å². The lowest BCUT2D eigenvalue weighted by Crippen LogP contribution is -2.13. The Morgan fingerprint density at radius 1 is 1.17 bits per heavy atom. The summed E-state index contributed by atoms with van der Waals surface area (Å²) in [4.78, 5) is 3.97. The van der Waals surface area contributed by atoms with Crippen molar-refractivity contribution in [1.82, 2.24) is 9.55 Å². The molecule has 0 saturated carbocycles. The quantitative estimate of drug-likeness (QED) is 0.343. The molecule has 0 fully saturated rings. The minimum Gasteiger partial charge on any atom is -0.488 e. The highest BCUT2D eigenvalue weighted by atomic mass is 35.5. The van der Waals surface area contributed by atoms with Crippen LogP contribution in [0.25, 0.3) is 0 Å². The van der Waals surface area contributed by atoms with E-state index in [4.69, 9.17) is 16.3 Å². The normalized spacial score (nSPS) is 11.4. The zero-order valence-electron chi connectivity index (χ0n) is 12.1. The fourth-order valence-electron chi connectivity index (χ4n) is 2.15. The third-order valence-corrected chi connectivity index (χ3v) is 3.53. The minimum atomic E-state index is 0.342. The lowest BCUT2D eigenvalue weighted by molar-refractivity contribution is 0.302. The topological polar surface area (TPSA) is 59.6 Å². The molecule has 2 aromatic carbocycles. The predicted octanol–water partition coefficient (Wildman–Crippen LogP) is 3.80. The second kappa shape index (κ2) is 6.98. The molecule has 5 nitrogen and oxygen atoms in total. The molecule has 3 aromatic rings. The molecule has 0 amide bonds. The van der Waals surface area contributed by atoms with Gasteiger partial charge >= 0.3 is 0 Å². The Morgan fingerprint density at radius 3 is 2.65 bits per heavy atom. The highest BCUT2D eigenvalue weighted by Gasteiger charge is 2.12. The Balaban J connectivity index is 1.84.